The van der Waals surface area contributed by atoms with Gasteiger partial charge in [-0.25, -0.2) is 0 Å². The number of thioether (sulfide) groups is 1. The molecule has 1 N–H and O–H groups in total. The largest absolute Gasteiger partial charge is 0.368 e. The number of benzene rings is 2. The van der Waals surface area contributed by atoms with E-state index in [1.807, 2.05) is 81.1 Å². The zero-order valence-electron chi connectivity index (χ0n) is 20.6. The molecule has 1 aliphatic heterocycles. The minimum atomic E-state index is -0.354. The lowest BCUT2D eigenvalue weighted by molar-refractivity contribution is -0.139. The van der Waals surface area contributed by atoms with Crippen molar-refractivity contribution in [2.75, 3.05) is 42.1 Å². The van der Waals surface area contributed by atoms with Crippen LogP contribution in [0.2, 0.25) is 0 Å². The van der Waals surface area contributed by atoms with Crippen LogP contribution < -0.4 is 10.2 Å². The fourth-order valence-corrected chi connectivity index (χ4v) is 4.63. The Labute approximate surface area is 209 Å². The van der Waals surface area contributed by atoms with Crippen molar-refractivity contribution in [2.24, 2.45) is 5.41 Å². The molecule has 0 spiro atoms. The lowest BCUT2D eigenvalue weighted by Crippen LogP contribution is -2.51. The summed E-state index contributed by atoms with van der Waals surface area (Å²) in [5.74, 6) is 0.259. The molecule has 0 atom stereocenters. The van der Waals surface area contributed by atoms with Gasteiger partial charge in [0, 0.05) is 43.0 Å². The number of hydrogen-bond acceptors (Lipinski definition) is 7. The molecule has 35 heavy (non-hydrogen) atoms. The summed E-state index contributed by atoms with van der Waals surface area (Å²) in [6.45, 7) is 10.9. The van der Waals surface area contributed by atoms with Crippen LogP contribution in [0.15, 0.2) is 53.7 Å². The normalized spacial score (nSPS) is 14.2. The summed E-state index contributed by atoms with van der Waals surface area (Å²) in [5.41, 5.74) is 3.40. The number of anilines is 2. The monoisotopic (exact) mass is 493 g/mol. The first kappa shape index (κ1) is 24.7. The smallest absolute Gasteiger partial charge is 0.234 e. The first-order valence-electron chi connectivity index (χ1n) is 11.6. The van der Waals surface area contributed by atoms with Gasteiger partial charge in [0.15, 0.2) is 0 Å². The summed E-state index contributed by atoms with van der Waals surface area (Å²) in [4.78, 5) is 29.2. The third kappa shape index (κ3) is 6.00. The second-order valence-corrected chi connectivity index (χ2v) is 10.5. The molecule has 184 valence electrons. The zero-order valence-corrected chi connectivity index (χ0v) is 21.4. The van der Waals surface area contributed by atoms with E-state index in [4.69, 9.17) is 0 Å². The molecule has 0 bridgehead atoms. The van der Waals surface area contributed by atoms with Gasteiger partial charge in [-0.1, -0.05) is 50.7 Å². The van der Waals surface area contributed by atoms with E-state index in [9.17, 15) is 9.59 Å². The fraction of sp³-hybridized carbons (Fsp3) is 0.400. The Morgan fingerprint density at radius 1 is 1.00 bits per heavy atom. The lowest BCUT2D eigenvalue weighted by atomic mass is 9.94. The molecule has 1 aromatic heterocycles. The zero-order chi connectivity index (χ0) is 25.0. The molecule has 1 aliphatic rings. The summed E-state index contributed by atoms with van der Waals surface area (Å²) in [6.07, 6.45) is 0. The van der Waals surface area contributed by atoms with Crippen LogP contribution in [0.4, 0.5) is 11.4 Å². The molecule has 3 aromatic rings. The number of nitrogens with one attached hydrogen (secondary N) is 1. The van der Waals surface area contributed by atoms with Crippen molar-refractivity contribution in [3.8, 4) is 5.69 Å². The number of piperazine rings is 1. The second kappa shape index (κ2) is 10.5. The SMILES string of the molecule is Cc1ccccc1-n1nnnc1SCC(=O)Nc1ccc(N2CCN(C(=O)C(C)(C)C)CC2)cc1. The Kier molecular flexibility index (Phi) is 7.39. The van der Waals surface area contributed by atoms with Crippen molar-refractivity contribution in [3.05, 3.63) is 54.1 Å². The van der Waals surface area contributed by atoms with Crippen molar-refractivity contribution in [2.45, 2.75) is 32.9 Å². The van der Waals surface area contributed by atoms with E-state index in [-0.39, 0.29) is 23.0 Å². The average molecular weight is 494 g/mol. The molecule has 2 aromatic carbocycles. The molecule has 1 fully saturated rings. The molecule has 0 saturated carbocycles. The molecule has 9 nitrogen and oxygen atoms in total. The highest BCUT2D eigenvalue weighted by Crippen LogP contribution is 2.24. The molecule has 2 heterocycles. The molecule has 10 heteroatoms. The number of carbonyl (C=O) groups excluding carboxylic acids is 2. The van der Waals surface area contributed by atoms with Crippen LogP contribution in [-0.4, -0.2) is 68.9 Å². The maximum atomic E-state index is 12.5. The first-order chi connectivity index (χ1) is 16.7. The molecular formula is C25H31N7O2S. The Morgan fingerprint density at radius 2 is 1.69 bits per heavy atom. The van der Waals surface area contributed by atoms with E-state index < -0.39 is 0 Å². The topological polar surface area (TPSA) is 96.2 Å². The van der Waals surface area contributed by atoms with Crippen molar-refractivity contribution in [1.82, 2.24) is 25.1 Å². The van der Waals surface area contributed by atoms with Crippen LogP contribution in [0.1, 0.15) is 26.3 Å². The van der Waals surface area contributed by atoms with Crippen LogP contribution in [0.3, 0.4) is 0 Å². The minimum absolute atomic E-state index is 0.128. The van der Waals surface area contributed by atoms with Crippen LogP contribution >= 0.6 is 11.8 Å². The van der Waals surface area contributed by atoms with Crippen molar-refractivity contribution < 1.29 is 9.59 Å². The number of tetrazole rings is 1. The number of rotatable bonds is 6. The maximum absolute atomic E-state index is 12.5. The summed E-state index contributed by atoms with van der Waals surface area (Å²) < 4.78 is 1.65. The molecular weight excluding hydrogens is 462 g/mol. The Balaban J connectivity index is 1.29. The van der Waals surface area contributed by atoms with Crippen molar-refractivity contribution in [1.29, 1.82) is 0 Å². The van der Waals surface area contributed by atoms with E-state index in [1.165, 1.54) is 11.8 Å². The highest BCUT2D eigenvalue weighted by atomic mass is 32.2. The third-order valence-corrected chi connectivity index (χ3v) is 6.76. The number of aromatic nitrogens is 4. The number of para-hydroxylation sites is 1. The summed E-state index contributed by atoms with van der Waals surface area (Å²) in [6, 6.07) is 15.6. The fourth-order valence-electron chi connectivity index (χ4n) is 3.95. The highest BCUT2D eigenvalue weighted by molar-refractivity contribution is 7.99. The van der Waals surface area contributed by atoms with Gasteiger partial charge in [0.2, 0.25) is 17.0 Å². The van der Waals surface area contributed by atoms with Gasteiger partial charge >= 0.3 is 0 Å². The molecule has 1 saturated heterocycles. The van der Waals surface area contributed by atoms with Gasteiger partial charge in [0.25, 0.3) is 0 Å². The van der Waals surface area contributed by atoms with Gasteiger partial charge in [-0.15, -0.1) is 5.10 Å². The molecule has 4 rings (SSSR count). The van der Waals surface area contributed by atoms with Gasteiger partial charge in [-0.05, 0) is 53.2 Å². The summed E-state index contributed by atoms with van der Waals surface area (Å²) >= 11 is 1.29. The molecule has 0 aliphatic carbocycles. The van der Waals surface area contributed by atoms with Crippen LogP contribution in [-0.2, 0) is 9.59 Å². The van der Waals surface area contributed by atoms with Crippen molar-refractivity contribution in [3.63, 3.8) is 0 Å². The van der Waals surface area contributed by atoms with Crippen LogP contribution in [0.5, 0.6) is 0 Å². The standard InChI is InChI=1S/C25H31N7O2S/c1-18-7-5-6-8-21(18)32-24(27-28-29-32)35-17-22(33)26-19-9-11-20(12-10-19)30-13-15-31(16-14-30)23(34)25(2,3)4/h5-12H,13-17H2,1-4H3,(H,26,33). The number of aryl methyl sites for hydroxylation is 1. The Morgan fingerprint density at radius 3 is 2.34 bits per heavy atom. The quantitative estimate of drug-likeness (QED) is 0.526. The summed E-state index contributed by atoms with van der Waals surface area (Å²) in [7, 11) is 0. The van der Waals surface area contributed by atoms with E-state index in [2.05, 4.69) is 25.7 Å². The van der Waals surface area contributed by atoms with E-state index in [0.29, 0.717) is 18.2 Å². The molecule has 0 radical (unpaired) electrons. The number of amides is 2. The highest BCUT2D eigenvalue weighted by Gasteiger charge is 2.29. The van der Waals surface area contributed by atoms with Crippen molar-refractivity contribution >= 4 is 35.0 Å². The Bertz CT molecular complexity index is 1180. The minimum Gasteiger partial charge on any atom is -0.368 e. The number of carbonyl (C=O) groups is 2. The Hall–Kier alpha value is -3.40. The summed E-state index contributed by atoms with van der Waals surface area (Å²) in [5, 5.41) is 15.4. The molecule has 0 unspecified atom stereocenters. The maximum Gasteiger partial charge on any atom is 0.234 e. The van der Waals surface area contributed by atoms with E-state index >= 15 is 0 Å². The van der Waals surface area contributed by atoms with E-state index in [0.717, 1.165) is 35.7 Å². The number of hydrogen-bond donors (Lipinski definition) is 1. The number of nitrogens with zero attached hydrogens (tertiary/aromatic N) is 6. The lowest BCUT2D eigenvalue weighted by Gasteiger charge is -2.38. The van der Waals surface area contributed by atoms with Crippen LogP contribution in [0.25, 0.3) is 5.69 Å². The van der Waals surface area contributed by atoms with Gasteiger partial charge in [-0.2, -0.15) is 4.68 Å². The van der Waals surface area contributed by atoms with Gasteiger partial charge in [-0.3, -0.25) is 9.59 Å². The predicted octanol–water partition coefficient (Wildman–Crippen LogP) is 3.40. The average Bonchev–Trinajstić information content (AvgIpc) is 3.31. The second-order valence-electron chi connectivity index (χ2n) is 9.57. The van der Waals surface area contributed by atoms with Crippen LogP contribution in [0, 0.1) is 12.3 Å². The van der Waals surface area contributed by atoms with E-state index in [1.54, 1.807) is 4.68 Å². The third-order valence-electron chi connectivity index (χ3n) is 5.84. The van der Waals surface area contributed by atoms with Gasteiger partial charge < -0.3 is 15.1 Å². The van der Waals surface area contributed by atoms with Gasteiger partial charge in [0.05, 0.1) is 11.4 Å². The molecule has 2 amide bonds. The predicted molar refractivity (Wildman–Crippen MR) is 138 cm³/mol. The first-order valence-corrected chi connectivity index (χ1v) is 12.6. The van der Waals surface area contributed by atoms with Gasteiger partial charge in [0.1, 0.15) is 0 Å².